The average Bonchev–Trinajstić information content (AvgIpc) is 2.69. The number of carbonyl (C=O) groups excluding carboxylic acids is 4. The van der Waals surface area contributed by atoms with Gasteiger partial charge >= 0.3 is 6.03 Å². The summed E-state index contributed by atoms with van der Waals surface area (Å²) in [4.78, 5) is 56.6. The molecule has 3 rings (SSSR count). The largest absolute Gasteiger partial charge is 0.333 e. The Balaban J connectivity index is 1.93. The zero-order valence-electron chi connectivity index (χ0n) is 14.9. The van der Waals surface area contributed by atoms with Gasteiger partial charge in [0.05, 0.1) is 6.54 Å². The van der Waals surface area contributed by atoms with Gasteiger partial charge in [0.1, 0.15) is 5.41 Å². The maximum atomic E-state index is 13.1. The van der Waals surface area contributed by atoms with Crippen molar-refractivity contribution in [3.63, 3.8) is 0 Å². The summed E-state index contributed by atoms with van der Waals surface area (Å²) in [5.74, 6) is -1.54. The van der Waals surface area contributed by atoms with Crippen LogP contribution in [0.1, 0.15) is 43.0 Å². The van der Waals surface area contributed by atoms with Crippen molar-refractivity contribution in [2.75, 3.05) is 13.6 Å². The molecule has 1 aliphatic carbocycles. The zero-order chi connectivity index (χ0) is 18.9. The molecule has 0 spiro atoms. The maximum absolute atomic E-state index is 13.1. The Morgan fingerprint density at radius 2 is 1.85 bits per heavy atom. The molecule has 26 heavy (non-hydrogen) atoms. The third kappa shape index (κ3) is 2.83. The number of aromatic nitrogens is 1. The van der Waals surface area contributed by atoms with Gasteiger partial charge in [-0.15, -0.1) is 0 Å². The van der Waals surface area contributed by atoms with Gasteiger partial charge in [-0.2, -0.15) is 0 Å². The van der Waals surface area contributed by atoms with Gasteiger partial charge in [0.2, 0.25) is 5.91 Å². The number of nitrogens with zero attached hydrogens (tertiary/aromatic N) is 3. The molecule has 0 radical (unpaired) electrons. The highest BCUT2D eigenvalue weighted by Crippen LogP contribution is 2.40. The standard InChI is InChI=1S/C19H21N3O4/c1-19(14-6-4-3-5-7-14)16(24)21(2)18(26)22(17(19)25)12-15(23)13-8-10-20-11-9-13/h6,8-11H,3-5,7,12H2,1-2H3. The van der Waals surface area contributed by atoms with E-state index in [0.29, 0.717) is 12.0 Å². The summed E-state index contributed by atoms with van der Waals surface area (Å²) >= 11 is 0. The van der Waals surface area contributed by atoms with E-state index in [2.05, 4.69) is 4.98 Å². The number of Topliss-reactive ketones (excluding diaryl/α,β-unsaturated/α-hetero) is 1. The lowest BCUT2D eigenvalue weighted by Crippen LogP contribution is -2.64. The number of rotatable bonds is 4. The van der Waals surface area contributed by atoms with Crippen LogP contribution >= 0.6 is 0 Å². The van der Waals surface area contributed by atoms with Gasteiger partial charge in [-0.25, -0.2) is 4.79 Å². The number of urea groups is 1. The number of allylic oxidation sites excluding steroid dienone is 1. The van der Waals surface area contributed by atoms with E-state index in [9.17, 15) is 19.2 Å². The van der Waals surface area contributed by atoms with Crippen molar-refractivity contribution in [1.82, 2.24) is 14.8 Å². The molecule has 1 fully saturated rings. The van der Waals surface area contributed by atoms with Crippen molar-refractivity contribution in [1.29, 1.82) is 0 Å². The lowest BCUT2D eigenvalue weighted by molar-refractivity contribution is -0.153. The highest BCUT2D eigenvalue weighted by Gasteiger charge is 2.55. The molecule has 2 aliphatic rings. The van der Waals surface area contributed by atoms with Crippen LogP contribution in [0.5, 0.6) is 0 Å². The number of hydrogen-bond donors (Lipinski definition) is 0. The number of barbiturate groups is 1. The van der Waals surface area contributed by atoms with Crippen molar-refractivity contribution >= 4 is 23.6 Å². The molecule has 136 valence electrons. The van der Waals surface area contributed by atoms with E-state index in [1.54, 1.807) is 6.92 Å². The number of imide groups is 2. The fourth-order valence-electron chi connectivity index (χ4n) is 3.53. The van der Waals surface area contributed by atoms with Crippen LogP contribution < -0.4 is 0 Å². The minimum Gasteiger partial charge on any atom is -0.292 e. The second kappa shape index (κ2) is 6.82. The van der Waals surface area contributed by atoms with E-state index < -0.39 is 29.8 Å². The summed E-state index contributed by atoms with van der Waals surface area (Å²) in [7, 11) is 1.35. The van der Waals surface area contributed by atoms with E-state index >= 15 is 0 Å². The summed E-state index contributed by atoms with van der Waals surface area (Å²) in [6.07, 6.45) is 8.23. The topological polar surface area (TPSA) is 87.7 Å². The van der Waals surface area contributed by atoms with Crippen LogP contribution in [0.25, 0.3) is 0 Å². The van der Waals surface area contributed by atoms with Crippen LogP contribution in [0.4, 0.5) is 4.79 Å². The fraction of sp³-hybridized carbons (Fsp3) is 0.421. The van der Waals surface area contributed by atoms with Gasteiger partial charge in [0.25, 0.3) is 5.91 Å². The Kier molecular flexibility index (Phi) is 4.71. The molecule has 7 nitrogen and oxygen atoms in total. The second-order valence-corrected chi connectivity index (χ2v) is 6.80. The van der Waals surface area contributed by atoms with Gasteiger partial charge in [-0.1, -0.05) is 6.08 Å². The Labute approximate surface area is 151 Å². The number of pyridine rings is 1. The molecule has 0 aromatic carbocycles. The van der Waals surface area contributed by atoms with Gasteiger partial charge < -0.3 is 0 Å². The summed E-state index contributed by atoms with van der Waals surface area (Å²) in [6, 6.07) is 2.29. The summed E-state index contributed by atoms with van der Waals surface area (Å²) in [5.41, 5.74) is -0.333. The minimum absolute atomic E-state index is 0.360. The molecule has 1 atom stereocenters. The monoisotopic (exact) mass is 355 g/mol. The molecule has 2 heterocycles. The van der Waals surface area contributed by atoms with Crippen LogP contribution in [0.2, 0.25) is 0 Å². The van der Waals surface area contributed by atoms with E-state index in [1.165, 1.54) is 31.6 Å². The summed E-state index contributed by atoms with van der Waals surface area (Å²) in [6.45, 7) is 1.16. The molecule has 1 aliphatic heterocycles. The van der Waals surface area contributed by atoms with Crippen LogP contribution in [-0.2, 0) is 9.59 Å². The molecule has 4 amide bonds. The van der Waals surface area contributed by atoms with Crippen molar-refractivity contribution in [2.45, 2.75) is 32.6 Å². The number of hydrogen-bond acceptors (Lipinski definition) is 5. The first-order valence-electron chi connectivity index (χ1n) is 8.64. The smallest absolute Gasteiger partial charge is 0.292 e. The minimum atomic E-state index is -1.43. The molecule has 0 bridgehead atoms. The van der Waals surface area contributed by atoms with Crippen molar-refractivity contribution in [3.05, 3.63) is 41.7 Å². The van der Waals surface area contributed by atoms with Gasteiger partial charge in [0.15, 0.2) is 5.78 Å². The van der Waals surface area contributed by atoms with E-state index in [1.807, 2.05) is 6.08 Å². The molecule has 1 aromatic rings. The lowest BCUT2D eigenvalue weighted by atomic mass is 9.73. The first-order valence-corrected chi connectivity index (χ1v) is 8.64. The molecule has 0 saturated carbocycles. The highest BCUT2D eigenvalue weighted by atomic mass is 16.2. The number of carbonyl (C=O) groups is 4. The molecule has 1 saturated heterocycles. The maximum Gasteiger partial charge on any atom is 0.333 e. The fourth-order valence-corrected chi connectivity index (χ4v) is 3.53. The van der Waals surface area contributed by atoms with Crippen LogP contribution in [0.3, 0.4) is 0 Å². The lowest BCUT2D eigenvalue weighted by Gasteiger charge is -2.42. The van der Waals surface area contributed by atoms with Gasteiger partial charge in [-0.05, 0) is 50.3 Å². The van der Waals surface area contributed by atoms with Crippen molar-refractivity contribution in [2.24, 2.45) is 5.41 Å². The van der Waals surface area contributed by atoms with Crippen LogP contribution in [0.15, 0.2) is 36.2 Å². The predicted octanol–water partition coefficient (Wildman–Crippen LogP) is 2.19. The Hall–Kier alpha value is -2.83. The SMILES string of the molecule is CN1C(=O)N(CC(=O)c2ccncc2)C(=O)C(C)(C2=CCCCC2)C1=O. The van der Waals surface area contributed by atoms with Gasteiger partial charge in [-0.3, -0.25) is 29.2 Å². The van der Waals surface area contributed by atoms with Crippen molar-refractivity contribution < 1.29 is 19.2 Å². The molecular weight excluding hydrogens is 334 g/mol. The molecule has 0 N–H and O–H groups in total. The Morgan fingerprint density at radius 1 is 1.15 bits per heavy atom. The van der Waals surface area contributed by atoms with Crippen molar-refractivity contribution in [3.8, 4) is 0 Å². The van der Waals surface area contributed by atoms with Gasteiger partial charge in [0, 0.05) is 25.0 Å². The Morgan fingerprint density at radius 3 is 2.46 bits per heavy atom. The summed E-state index contributed by atoms with van der Waals surface area (Å²) in [5, 5.41) is 0. The zero-order valence-corrected chi connectivity index (χ0v) is 14.9. The molecular formula is C19H21N3O4. The first kappa shape index (κ1) is 18.0. The van der Waals surface area contributed by atoms with Crippen LogP contribution in [0, 0.1) is 5.41 Å². The van der Waals surface area contributed by atoms with Crippen LogP contribution in [-0.4, -0.2) is 52.0 Å². The van der Waals surface area contributed by atoms with E-state index in [4.69, 9.17) is 0 Å². The Bertz CT molecular complexity index is 802. The third-order valence-electron chi connectivity index (χ3n) is 5.16. The first-order chi connectivity index (χ1) is 12.4. The normalized spacial score (nSPS) is 23.9. The second-order valence-electron chi connectivity index (χ2n) is 6.80. The number of ketones is 1. The molecule has 1 unspecified atom stereocenters. The highest BCUT2D eigenvalue weighted by molar-refractivity contribution is 6.21. The predicted molar refractivity (Wildman–Crippen MR) is 93.1 cm³/mol. The molecule has 1 aromatic heterocycles. The van der Waals surface area contributed by atoms with E-state index in [0.717, 1.165) is 34.6 Å². The van der Waals surface area contributed by atoms with E-state index in [-0.39, 0.29) is 5.78 Å². The summed E-state index contributed by atoms with van der Waals surface area (Å²) < 4.78 is 0. The quantitative estimate of drug-likeness (QED) is 0.469. The average molecular weight is 355 g/mol. The third-order valence-corrected chi connectivity index (χ3v) is 5.16. The molecule has 7 heteroatoms. The number of amides is 4.